The zero-order valence-corrected chi connectivity index (χ0v) is 9.69. The topological polar surface area (TPSA) is 44.1 Å². The summed E-state index contributed by atoms with van der Waals surface area (Å²) in [5.74, 6) is 0. The highest BCUT2D eigenvalue weighted by Gasteiger charge is 2.09. The summed E-state index contributed by atoms with van der Waals surface area (Å²) in [5, 5.41) is 4.06. The van der Waals surface area contributed by atoms with E-state index in [2.05, 4.69) is 27.7 Å². The fourth-order valence-electron chi connectivity index (χ4n) is 0.967. The van der Waals surface area contributed by atoms with Crippen LogP contribution in [0.25, 0.3) is 0 Å². The first-order chi connectivity index (χ1) is 6.19. The van der Waals surface area contributed by atoms with E-state index in [9.17, 15) is 4.79 Å². The SMILES string of the molecule is CCO[C@@H](C)n1cc(I)c(C=O)n1. The smallest absolute Gasteiger partial charge is 0.171 e. The highest BCUT2D eigenvalue weighted by atomic mass is 127. The van der Waals surface area contributed by atoms with Crippen LogP contribution in [0, 0.1) is 3.57 Å². The summed E-state index contributed by atoms with van der Waals surface area (Å²) >= 11 is 2.07. The monoisotopic (exact) mass is 294 g/mol. The molecule has 4 nitrogen and oxygen atoms in total. The summed E-state index contributed by atoms with van der Waals surface area (Å²) in [6, 6.07) is 0. The van der Waals surface area contributed by atoms with Gasteiger partial charge in [-0.1, -0.05) is 0 Å². The summed E-state index contributed by atoms with van der Waals surface area (Å²) in [7, 11) is 0. The molecule has 1 aromatic rings. The second-order valence-electron chi connectivity index (χ2n) is 2.51. The van der Waals surface area contributed by atoms with Crippen LogP contribution in [0.1, 0.15) is 30.6 Å². The zero-order valence-electron chi connectivity index (χ0n) is 7.53. The Labute approximate surface area is 90.4 Å². The van der Waals surface area contributed by atoms with Crippen molar-refractivity contribution in [3.63, 3.8) is 0 Å². The van der Waals surface area contributed by atoms with E-state index in [1.54, 1.807) is 10.9 Å². The third-order valence-corrected chi connectivity index (χ3v) is 2.44. The van der Waals surface area contributed by atoms with Gasteiger partial charge in [0.15, 0.2) is 6.29 Å². The van der Waals surface area contributed by atoms with Crippen LogP contribution in [0.2, 0.25) is 0 Å². The molecule has 0 N–H and O–H groups in total. The fourth-order valence-corrected chi connectivity index (χ4v) is 1.49. The van der Waals surface area contributed by atoms with E-state index in [0.717, 1.165) is 9.86 Å². The lowest BCUT2D eigenvalue weighted by Gasteiger charge is -2.10. The molecule has 0 bridgehead atoms. The first-order valence-corrected chi connectivity index (χ1v) is 5.08. The predicted molar refractivity (Wildman–Crippen MR) is 56.7 cm³/mol. The quantitative estimate of drug-likeness (QED) is 0.629. The summed E-state index contributed by atoms with van der Waals surface area (Å²) < 4.78 is 7.82. The first-order valence-electron chi connectivity index (χ1n) is 4.00. The van der Waals surface area contributed by atoms with Gasteiger partial charge in [0.2, 0.25) is 0 Å². The summed E-state index contributed by atoms with van der Waals surface area (Å²) in [6.45, 7) is 4.45. The van der Waals surface area contributed by atoms with Crippen molar-refractivity contribution in [3.8, 4) is 0 Å². The normalized spacial score (nSPS) is 12.8. The molecule has 1 atom stereocenters. The van der Waals surface area contributed by atoms with E-state index in [-0.39, 0.29) is 6.23 Å². The summed E-state index contributed by atoms with van der Waals surface area (Å²) in [6.07, 6.45) is 2.42. The van der Waals surface area contributed by atoms with Gasteiger partial charge < -0.3 is 4.74 Å². The summed E-state index contributed by atoms with van der Waals surface area (Å²) in [5.41, 5.74) is 0.465. The lowest BCUT2D eigenvalue weighted by molar-refractivity contribution is 0.0158. The van der Waals surface area contributed by atoms with Crippen molar-refractivity contribution in [2.24, 2.45) is 0 Å². The highest BCUT2D eigenvalue weighted by Crippen LogP contribution is 2.12. The van der Waals surface area contributed by atoms with E-state index in [1.807, 2.05) is 13.8 Å². The van der Waals surface area contributed by atoms with Crippen LogP contribution in [-0.4, -0.2) is 22.7 Å². The Hall–Kier alpha value is -0.430. The molecule has 0 fully saturated rings. The van der Waals surface area contributed by atoms with Gasteiger partial charge in [0.05, 0.1) is 3.57 Å². The molecule has 72 valence electrons. The molecule has 0 aliphatic heterocycles. The largest absolute Gasteiger partial charge is 0.357 e. The molecule has 13 heavy (non-hydrogen) atoms. The van der Waals surface area contributed by atoms with Gasteiger partial charge in [-0.25, -0.2) is 4.68 Å². The Morgan fingerprint density at radius 2 is 2.54 bits per heavy atom. The number of hydrogen-bond acceptors (Lipinski definition) is 3. The predicted octanol–water partition coefficient (Wildman–Crippen LogP) is 1.86. The maximum Gasteiger partial charge on any atom is 0.171 e. The number of rotatable bonds is 4. The van der Waals surface area contributed by atoms with Crippen LogP contribution in [0.3, 0.4) is 0 Å². The molecule has 0 saturated carbocycles. The number of carbonyl (C=O) groups excluding carboxylic acids is 1. The molecule has 5 heteroatoms. The van der Waals surface area contributed by atoms with Crippen molar-refractivity contribution in [2.45, 2.75) is 20.1 Å². The molecule has 1 aromatic heterocycles. The Morgan fingerprint density at radius 1 is 1.85 bits per heavy atom. The Kier molecular flexibility index (Phi) is 3.86. The molecule has 0 aromatic carbocycles. The second kappa shape index (κ2) is 4.71. The van der Waals surface area contributed by atoms with Gasteiger partial charge in [-0.3, -0.25) is 4.79 Å². The van der Waals surface area contributed by atoms with Crippen molar-refractivity contribution in [2.75, 3.05) is 6.61 Å². The molecule has 1 heterocycles. The minimum atomic E-state index is -0.118. The molecule has 0 saturated heterocycles. The average molecular weight is 294 g/mol. The van der Waals surface area contributed by atoms with Crippen LogP contribution >= 0.6 is 22.6 Å². The average Bonchev–Trinajstić information content (AvgIpc) is 2.47. The third-order valence-electron chi connectivity index (χ3n) is 1.61. The van der Waals surface area contributed by atoms with E-state index >= 15 is 0 Å². The van der Waals surface area contributed by atoms with Gasteiger partial charge in [-0.15, -0.1) is 0 Å². The van der Waals surface area contributed by atoms with Gasteiger partial charge >= 0.3 is 0 Å². The molecule has 1 rings (SSSR count). The van der Waals surface area contributed by atoms with Crippen LogP contribution in [0.5, 0.6) is 0 Å². The van der Waals surface area contributed by atoms with Gasteiger partial charge in [0, 0.05) is 12.8 Å². The number of ether oxygens (including phenoxy) is 1. The zero-order chi connectivity index (χ0) is 9.84. The molecule has 0 amide bonds. The Morgan fingerprint density at radius 3 is 3.00 bits per heavy atom. The maximum absolute atomic E-state index is 10.5. The molecule has 0 spiro atoms. The fraction of sp³-hybridized carbons (Fsp3) is 0.500. The minimum Gasteiger partial charge on any atom is -0.357 e. The lowest BCUT2D eigenvalue weighted by Crippen LogP contribution is -2.09. The lowest BCUT2D eigenvalue weighted by atomic mass is 10.5. The molecular formula is C8H11IN2O2. The van der Waals surface area contributed by atoms with Gasteiger partial charge in [-0.05, 0) is 36.4 Å². The van der Waals surface area contributed by atoms with Gasteiger partial charge in [0.25, 0.3) is 0 Å². The van der Waals surface area contributed by atoms with Crippen molar-refractivity contribution in [1.82, 2.24) is 9.78 Å². The van der Waals surface area contributed by atoms with Crippen molar-refractivity contribution >= 4 is 28.9 Å². The number of aromatic nitrogens is 2. The Balaban J connectivity index is 2.83. The van der Waals surface area contributed by atoms with Gasteiger partial charge in [0.1, 0.15) is 11.9 Å². The Bertz CT molecular complexity index is 298. The number of carbonyl (C=O) groups is 1. The number of nitrogens with zero attached hydrogens (tertiary/aromatic N) is 2. The second-order valence-corrected chi connectivity index (χ2v) is 3.68. The van der Waals surface area contributed by atoms with Crippen LogP contribution in [0.4, 0.5) is 0 Å². The maximum atomic E-state index is 10.5. The number of halogens is 1. The third kappa shape index (κ3) is 2.50. The van der Waals surface area contributed by atoms with Crippen LogP contribution in [-0.2, 0) is 4.74 Å². The first kappa shape index (κ1) is 10.6. The molecular weight excluding hydrogens is 283 g/mol. The minimum absolute atomic E-state index is 0.118. The van der Waals surface area contributed by atoms with Crippen molar-refractivity contribution in [3.05, 3.63) is 15.5 Å². The van der Waals surface area contributed by atoms with Crippen LogP contribution < -0.4 is 0 Å². The standard InChI is InChI=1S/C8H11IN2O2/c1-3-13-6(2)11-4-7(9)8(5-12)10-11/h4-6H,3H2,1-2H3/t6-/m0/s1. The van der Waals surface area contributed by atoms with E-state index in [1.165, 1.54) is 0 Å². The van der Waals surface area contributed by atoms with Crippen LogP contribution in [0.15, 0.2) is 6.20 Å². The summed E-state index contributed by atoms with van der Waals surface area (Å²) in [4.78, 5) is 10.5. The molecule has 0 aliphatic rings. The van der Waals surface area contributed by atoms with Gasteiger partial charge in [-0.2, -0.15) is 5.10 Å². The molecule has 0 unspecified atom stereocenters. The highest BCUT2D eigenvalue weighted by molar-refractivity contribution is 14.1. The van der Waals surface area contributed by atoms with Crippen molar-refractivity contribution < 1.29 is 9.53 Å². The van der Waals surface area contributed by atoms with E-state index in [4.69, 9.17) is 4.74 Å². The van der Waals surface area contributed by atoms with E-state index < -0.39 is 0 Å². The van der Waals surface area contributed by atoms with Crippen molar-refractivity contribution in [1.29, 1.82) is 0 Å². The molecule has 0 aliphatic carbocycles. The van der Waals surface area contributed by atoms with E-state index in [0.29, 0.717) is 12.3 Å². The number of hydrogen-bond donors (Lipinski definition) is 0. The molecule has 0 radical (unpaired) electrons. The number of aldehydes is 1.